The van der Waals surface area contributed by atoms with Crippen molar-refractivity contribution in [2.45, 2.75) is 18.9 Å². The van der Waals surface area contributed by atoms with Crippen LogP contribution in [0.2, 0.25) is 0 Å². The lowest BCUT2D eigenvalue weighted by molar-refractivity contribution is 0.0535. The first-order valence-electron chi connectivity index (χ1n) is 6.31. The maximum Gasteiger partial charge on any atom is 0.203 e. The molecular weight excluding hydrogens is 246 g/mol. The molecule has 0 fully saturated rings. The summed E-state index contributed by atoms with van der Waals surface area (Å²) < 4.78 is 16.3. The van der Waals surface area contributed by atoms with E-state index in [1.165, 1.54) is 0 Å². The Morgan fingerprint density at radius 1 is 1.16 bits per heavy atom. The Morgan fingerprint density at radius 3 is 2.63 bits per heavy atom. The second kappa shape index (κ2) is 4.64. The molecule has 0 saturated carbocycles. The summed E-state index contributed by atoms with van der Waals surface area (Å²) in [7, 11) is 4.89. The van der Waals surface area contributed by atoms with Crippen molar-refractivity contribution >= 4 is 6.21 Å². The van der Waals surface area contributed by atoms with Crippen LogP contribution in [-0.2, 0) is 11.3 Å². The van der Waals surface area contributed by atoms with Crippen molar-refractivity contribution in [3.63, 3.8) is 0 Å². The van der Waals surface area contributed by atoms with E-state index in [1.807, 2.05) is 12.3 Å². The molecule has 1 aliphatic carbocycles. The van der Waals surface area contributed by atoms with Crippen LogP contribution in [0, 0.1) is 5.92 Å². The first-order chi connectivity index (χ1) is 9.30. The van der Waals surface area contributed by atoms with Gasteiger partial charge in [0.1, 0.15) is 0 Å². The topological polar surface area (TPSA) is 49.3 Å². The normalized spacial score (nSPS) is 23.3. The molecule has 0 radical (unpaired) electrons. The number of hydrogen-bond donors (Lipinski definition) is 0. The van der Waals surface area contributed by atoms with Gasteiger partial charge in [0.2, 0.25) is 5.75 Å². The van der Waals surface area contributed by atoms with Crippen LogP contribution in [0.25, 0.3) is 0 Å². The van der Waals surface area contributed by atoms with Crippen molar-refractivity contribution in [3.8, 4) is 17.2 Å². The van der Waals surface area contributed by atoms with Gasteiger partial charge in [0.15, 0.2) is 17.6 Å². The number of fused-ring (bicyclic) bond motifs is 3. The van der Waals surface area contributed by atoms with E-state index in [0.717, 1.165) is 29.7 Å². The summed E-state index contributed by atoms with van der Waals surface area (Å²) in [5, 5.41) is 3.94. The van der Waals surface area contributed by atoms with E-state index in [4.69, 9.17) is 19.0 Å². The molecule has 1 aromatic rings. The largest absolute Gasteiger partial charge is 0.493 e. The Hall–Kier alpha value is -1.91. The number of benzene rings is 1. The van der Waals surface area contributed by atoms with Gasteiger partial charge in [-0.1, -0.05) is 5.16 Å². The third-order valence-corrected chi connectivity index (χ3v) is 3.82. The minimum Gasteiger partial charge on any atom is -0.493 e. The molecule has 1 heterocycles. The average Bonchev–Trinajstić information content (AvgIpc) is 2.93. The molecular formula is C14H17NO4. The number of methoxy groups -OCH3 is 3. The summed E-state index contributed by atoms with van der Waals surface area (Å²) in [6, 6.07) is 1.97. The van der Waals surface area contributed by atoms with Gasteiger partial charge < -0.3 is 19.0 Å². The van der Waals surface area contributed by atoms with E-state index in [0.29, 0.717) is 17.4 Å². The Morgan fingerprint density at radius 2 is 1.95 bits per heavy atom. The Balaban J connectivity index is 2.17. The molecule has 0 bridgehead atoms. The lowest BCUT2D eigenvalue weighted by Crippen LogP contribution is -2.20. The Bertz CT molecular complexity index is 527. The van der Waals surface area contributed by atoms with Crippen LogP contribution < -0.4 is 14.2 Å². The molecule has 3 rings (SSSR count). The minimum atomic E-state index is -0.0301. The second-order valence-corrected chi connectivity index (χ2v) is 4.70. The maximum absolute atomic E-state index is 5.52. The van der Waals surface area contributed by atoms with Gasteiger partial charge in [0.25, 0.3) is 0 Å². The first kappa shape index (κ1) is 12.1. The fraction of sp³-hybridized carbons (Fsp3) is 0.500. The van der Waals surface area contributed by atoms with Gasteiger partial charge >= 0.3 is 0 Å². The van der Waals surface area contributed by atoms with Crippen LogP contribution in [0.1, 0.15) is 23.7 Å². The van der Waals surface area contributed by atoms with Gasteiger partial charge in [-0.25, -0.2) is 0 Å². The zero-order chi connectivity index (χ0) is 13.4. The number of rotatable bonds is 3. The maximum atomic E-state index is 5.52. The van der Waals surface area contributed by atoms with E-state index in [-0.39, 0.29) is 6.10 Å². The zero-order valence-electron chi connectivity index (χ0n) is 11.3. The number of oxime groups is 1. The lowest BCUT2D eigenvalue weighted by Gasteiger charge is -2.28. The van der Waals surface area contributed by atoms with Crippen molar-refractivity contribution in [1.82, 2.24) is 0 Å². The molecule has 0 aromatic heterocycles. The third kappa shape index (κ3) is 1.72. The Kier molecular flexibility index (Phi) is 2.97. The lowest BCUT2D eigenvalue weighted by atomic mass is 9.81. The molecule has 1 aromatic carbocycles. The van der Waals surface area contributed by atoms with Crippen molar-refractivity contribution in [2.24, 2.45) is 11.1 Å². The summed E-state index contributed by atoms with van der Waals surface area (Å²) in [6.07, 6.45) is 3.79. The van der Waals surface area contributed by atoms with E-state index in [9.17, 15) is 0 Å². The fourth-order valence-electron chi connectivity index (χ4n) is 2.91. The van der Waals surface area contributed by atoms with Gasteiger partial charge in [-0.2, -0.15) is 0 Å². The van der Waals surface area contributed by atoms with E-state index >= 15 is 0 Å². The minimum absolute atomic E-state index is 0.0301. The molecule has 102 valence electrons. The predicted octanol–water partition coefficient (Wildman–Crippen LogP) is 2.33. The summed E-state index contributed by atoms with van der Waals surface area (Å²) in [5.41, 5.74) is 2.22. The summed E-state index contributed by atoms with van der Waals surface area (Å²) in [5.74, 6) is 2.39. The molecule has 0 spiro atoms. The van der Waals surface area contributed by atoms with Gasteiger partial charge in [-0.3, -0.25) is 0 Å². The van der Waals surface area contributed by atoms with E-state index in [2.05, 4.69) is 5.16 Å². The highest BCUT2D eigenvalue weighted by molar-refractivity contribution is 5.67. The van der Waals surface area contributed by atoms with Crippen molar-refractivity contribution in [3.05, 3.63) is 17.2 Å². The molecule has 0 unspecified atom stereocenters. The highest BCUT2D eigenvalue weighted by Gasteiger charge is 2.37. The van der Waals surface area contributed by atoms with Gasteiger partial charge in [-0.05, 0) is 18.9 Å². The van der Waals surface area contributed by atoms with Crippen molar-refractivity contribution < 1.29 is 19.0 Å². The van der Waals surface area contributed by atoms with Gasteiger partial charge in [0.05, 0.1) is 27.5 Å². The van der Waals surface area contributed by atoms with Crippen LogP contribution in [0.4, 0.5) is 0 Å². The van der Waals surface area contributed by atoms with Gasteiger partial charge in [-0.15, -0.1) is 0 Å². The van der Waals surface area contributed by atoms with Crippen molar-refractivity contribution in [2.75, 3.05) is 21.3 Å². The first-order valence-corrected chi connectivity index (χ1v) is 6.31. The highest BCUT2D eigenvalue weighted by Crippen LogP contribution is 2.49. The predicted molar refractivity (Wildman–Crippen MR) is 70.2 cm³/mol. The number of hydrogen-bond acceptors (Lipinski definition) is 5. The van der Waals surface area contributed by atoms with Crippen LogP contribution in [0.15, 0.2) is 11.2 Å². The quantitative estimate of drug-likeness (QED) is 0.839. The van der Waals surface area contributed by atoms with Gasteiger partial charge in [0, 0.05) is 17.0 Å². The molecule has 5 nitrogen and oxygen atoms in total. The molecule has 19 heavy (non-hydrogen) atoms. The summed E-state index contributed by atoms with van der Waals surface area (Å²) >= 11 is 0. The van der Waals surface area contributed by atoms with Crippen LogP contribution in [-0.4, -0.2) is 27.5 Å². The molecule has 2 aliphatic rings. The zero-order valence-corrected chi connectivity index (χ0v) is 11.3. The van der Waals surface area contributed by atoms with Crippen LogP contribution in [0.5, 0.6) is 17.2 Å². The van der Waals surface area contributed by atoms with Crippen LogP contribution in [0.3, 0.4) is 0 Å². The molecule has 1 aliphatic heterocycles. The average molecular weight is 263 g/mol. The summed E-state index contributed by atoms with van der Waals surface area (Å²) in [4.78, 5) is 5.47. The Labute approximate surface area is 112 Å². The van der Waals surface area contributed by atoms with E-state index < -0.39 is 0 Å². The SMILES string of the molecule is COc1cc2c(c(OC)c1OC)CC[C@@H]1C=NO[C@H]21. The fourth-order valence-corrected chi connectivity index (χ4v) is 2.91. The molecule has 0 amide bonds. The highest BCUT2D eigenvalue weighted by atomic mass is 16.6. The number of ether oxygens (including phenoxy) is 3. The molecule has 0 saturated heterocycles. The molecule has 2 atom stereocenters. The molecule has 0 N–H and O–H groups in total. The van der Waals surface area contributed by atoms with Crippen molar-refractivity contribution in [1.29, 1.82) is 0 Å². The number of nitrogens with zero attached hydrogens (tertiary/aromatic N) is 1. The van der Waals surface area contributed by atoms with E-state index in [1.54, 1.807) is 21.3 Å². The molecule has 5 heteroatoms. The smallest absolute Gasteiger partial charge is 0.203 e. The second-order valence-electron chi connectivity index (χ2n) is 4.70. The third-order valence-electron chi connectivity index (χ3n) is 3.82. The monoisotopic (exact) mass is 263 g/mol. The summed E-state index contributed by atoms with van der Waals surface area (Å²) in [6.45, 7) is 0. The van der Waals surface area contributed by atoms with Crippen LogP contribution >= 0.6 is 0 Å². The standard InChI is InChI=1S/C14H17NO4/c1-16-11-6-10-9(13(17-2)14(11)18-3)5-4-8-7-15-19-12(8)10/h6-8,12H,4-5H2,1-3H3/t8-,12+/m1/s1.